The number of amides is 1. The Bertz CT molecular complexity index is 1200. The van der Waals surface area contributed by atoms with Crippen LogP contribution in [-0.2, 0) is 4.74 Å². The zero-order valence-corrected chi connectivity index (χ0v) is 18.3. The number of ether oxygens (including phenoxy) is 2. The van der Waals surface area contributed by atoms with Crippen LogP contribution in [0.4, 0.5) is 5.13 Å². The summed E-state index contributed by atoms with van der Waals surface area (Å²) in [6.07, 6.45) is 3.73. The maximum atomic E-state index is 13.1. The lowest BCUT2D eigenvalue weighted by atomic mass is 10.1. The second-order valence-electron chi connectivity index (χ2n) is 6.21. The average Bonchev–Trinajstić information content (AvgIpc) is 3.54. The molecule has 0 unspecified atom stereocenters. The number of anilines is 1. The first-order valence-corrected chi connectivity index (χ1v) is 11.0. The van der Waals surface area contributed by atoms with E-state index in [9.17, 15) is 9.59 Å². The lowest BCUT2D eigenvalue weighted by Crippen LogP contribution is -2.12. The molecular formula is C21H18N4O4S2. The fourth-order valence-electron chi connectivity index (χ4n) is 2.76. The van der Waals surface area contributed by atoms with Crippen LogP contribution in [0.15, 0.2) is 54.2 Å². The van der Waals surface area contributed by atoms with Crippen molar-refractivity contribution >= 4 is 39.7 Å². The van der Waals surface area contributed by atoms with Gasteiger partial charge in [0.05, 0.1) is 19.4 Å². The van der Waals surface area contributed by atoms with Gasteiger partial charge in [0.2, 0.25) is 0 Å². The number of hydrogen-bond acceptors (Lipinski definition) is 8. The van der Waals surface area contributed by atoms with Gasteiger partial charge in [-0.1, -0.05) is 11.3 Å². The molecule has 1 aromatic carbocycles. The number of nitrogens with zero attached hydrogens (tertiary/aromatic N) is 3. The lowest BCUT2D eigenvalue weighted by Gasteiger charge is -2.04. The molecule has 3 aromatic heterocycles. The molecule has 31 heavy (non-hydrogen) atoms. The minimum atomic E-state index is -0.522. The molecule has 0 aliphatic heterocycles. The van der Waals surface area contributed by atoms with Crippen molar-refractivity contribution in [2.75, 3.05) is 19.0 Å². The quantitative estimate of drug-likeness (QED) is 0.413. The summed E-state index contributed by atoms with van der Waals surface area (Å²) in [5.74, 6) is -0.165. The predicted molar refractivity (Wildman–Crippen MR) is 119 cm³/mol. The molecule has 4 rings (SSSR count). The van der Waals surface area contributed by atoms with Gasteiger partial charge in [0.15, 0.2) is 16.0 Å². The molecule has 0 aliphatic rings. The van der Waals surface area contributed by atoms with Gasteiger partial charge in [-0.05, 0) is 43.3 Å². The van der Waals surface area contributed by atoms with Crippen LogP contribution in [0.1, 0.15) is 27.1 Å². The summed E-state index contributed by atoms with van der Waals surface area (Å²) in [7, 11) is 1.60. The van der Waals surface area contributed by atoms with E-state index in [0.29, 0.717) is 26.6 Å². The summed E-state index contributed by atoms with van der Waals surface area (Å²) in [5, 5.41) is 5.29. The standard InChI is InChI=1S/C21H18N4O4S2/c1-3-29-19(27)15-12-30-20(22-15)24-18(26)17-16(13-6-8-14(28-2)9-7-13)23-21(31-17)25-10-4-5-11-25/h4-12H,3H2,1-2H3,(H,22,24,26). The molecule has 1 N–H and O–H groups in total. The Labute approximate surface area is 186 Å². The smallest absolute Gasteiger partial charge is 0.357 e. The SMILES string of the molecule is CCOC(=O)c1csc(NC(=O)c2sc(-n3cccc3)nc2-c2ccc(OC)cc2)n1. The molecule has 0 radical (unpaired) electrons. The molecule has 0 bridgehead atoms. The van der Waals surface area contributed by atoms with Gasteiger partial charge in [-0.3, -0.25) is 10.1 Å². The number of carbonyl (C=O) groups excluding carboxylic acids is 2. The second-order valence-corrected chi connectivity index (χ2v) is 8.04. The van der Waals surface area contributed by atoms with Crippen LogP contribution >= 0.6 is 22.7 Å². The highest BCUT2D eigenvalue weighted by molar-refractivity contribution is 7.17. The topological polar surface area (TPSA) is 95.3 Å². The van der Waals surface area contributed by atoms with Crippen molar-refractivity contribution in [2.45, 2.75) is 6.92 Å². The zero-order valence-electron chi connectivity index (χ0n) is 16.7. The van der Waals surface area contributed by atoms with Gasteiger partial charge in [-0.25, -0.2) is 14.8 Å². The van der Waals surface area contributed by atoms with Gasteiger partial charge in [0.1, 0.15) is 10.6 Å². The lowest BCUT2D eigenvalue weighted by molar-refractivity contribution is 0.0520. The highest BCUT2D eigenvalue weighted by Crippen LogP contribution is 2.32. The fourth-order valence-corrected chi connectivity index (χ4v) is 4.39. The molecule has 0 spiro atoms. The van der Waals surface area contributed by atoms with E-state index in [-0.39, 0.29) is 18.2 Å². The Morgan fingerprint density at radius 3 is 2.55 bits per heavy atom. The van der Waals surface area contributed by atoms with E-state index in [2.05, 4.69) is 15.3 Å². The largest absolute Gasteiger partial charge is 0.497 e. The van der Waals surface area contributed by atoms with E-state index in [1.165, 1.54) is 11.3 Å². The van der Waals surface area contributed by atoms with E-state index in [4.69, 9.17) is 9.47 Å². The van der Waals surface area contributed by atoms with Crippen LogP contribution in [-0.4, -0.2) is 40.1 Å². The van der Waals surface area contributed by atoms with E-state index in [1.807, 2.05) is 53.4 Å². The Balaban J connectivity index is 1.65. The van der Waals surface area contributed by atoms with Crippen LogP contribution in [0.25, 0.3) is 16.4 Å². The molecule has 0 aliphatic carbocycles. The molecule has 4 aromatic rings. The Kier molecular flexibility index (Phi) is 6.10. The molecule has 0 atom stereocenters. The van der Waals surface area contributed by atoms with Crippen molar-refractivity contribution < 1.29 is 19.1 Å². The Morgan fingerprint density at radius 1 is 1.13 bits per heavy atom. The Morgan fingerprint density at radius 2 is 1.87 bits per heavy atom. The number of nitrogens with one attached hydrogen (secondary N) is 1. The predicted octanol–water partition coefficient (Wildman–Crippen LogP) is 4.49. The van der Waals surface area contributed by atoms with Crippen molar-refractivity contribution in [3.63, 3.8) is 0 Å². The van der Waals surface area contributed by atoms with Crippen LogP contribution in [0.5, 0.6) is 5.75 Å². The van der Waals surface area contributed by atoms with Crippen molar-refractivity contribution in [3.05, 3.63) is 64.7 Å². The number of esters is 1. The minimum Gasteiger partial charge on any atom is -0.497 e. The van der Waals surface area contributed by atoms with Crippen molar-refractivity contribution in [1.29, 1.82) is 0 Å². The van der Waals surface area contributed by atoms with Gasteiger partial charge in [-0.2, -0.15) is 0 Å². The summed E-state index contributed by atoms with van der Waals surface area (Å²) in [6.45, 7) is 1.98. The zero-order chi connectivity index (χ0) is 21.8. The third-order valence-corrected chi connectivity index (χ3v) is 6.05. The van der Waals surface area contributed by atoms with Crippen LogP contribution < -0.4 is 10.1 Å². The fraction of sp³-hybridized carbons (Fsp3) is 0.143. The molecule has 0 saturated carbocycles. The number of benzene rings is 1. The van der Waals surface area contributed by atoms with E-state index in [0.717, 1.165) is 16.9 Å². The molecule has 10 heteroatoms. The maximum absolute atomic E-state index is 13.1. The van der Waals surface area contributed by atoms with Gasteiger partial charge >= 0.3 is 5.97 Å². The van der Waals surface area contributed by atoms with Gasteiger partial charge in [0.25, 0.3) is 5.91 Å². The summed E-state index contributed by atoms with van der Waals surface area (Å²) in [4.78, 5) is 34.2. The van der Waals surface area contributed by atoms with Crippen LogP contribution in [0.2, 0.25) is 0 Å². The highest BCUT2D eigenvalue weighted by atomic mass is 32.1. The van der Waals surface area contributed by atoms with Crippen molar-refractivity contribution in [1.82, 2.24) is 14.5 Å². The number of methoxy groups -OCH3 is 1. The maximum Gasteiger partial charge on any atom is 0.357 e. The van der Waals surface area contributed by atoms with E-state index < -0.39 is 5.97 Å². The Hall–Kier alpha value is -3.50. The van der Waals surface area contributed by atoms with Crippen molar-refractivity contribution in [2.24, 2.45) is 0 Å². The van der Waals surface area contributed by atoms with E-state index in [1.54, 1.807) is 19.4 Å². The second kappa shape index (κ2) is 9.11. The summed E-state index contributed by atoms with van der Waals surface area (Å²) in [6, 6.07) is 11.1. The first-order valence-electron chi connectivity index (χ1n) is 9.31. The van der Waals surface area contributed by atoms with Gasteiger partial charge in [-0.15, -0.1) is 11.3 Å². The monoisotopic (exact) mass is 454 g/mol. The molecule has 8 nitrogen and oxygen atoms in total. The molecule has 158 valence electrons. The normalized spacial score (nSPS) is 10.6. The summed E-state index contributed by atoms with van der Waals surface area (Å²) in [5.41, 5.74) is 1.50. The third kappa shape index (κ3) is 4.49. The average molecular weight is 455 g/mol. The van der Waals surface area contributed by atoms with Gasteiger partial charge < -0.3 is 14.0 Å². The molecule has 0 saturated heterocycles. The van der Waals surface area contributed by atoms with Crippen molar-refractivity contribution in [3.8, 4) is 22.1 Å². The van der Waals surface area contributed by atoms with E-state index >= 15 is 0 Å². The minimum absolute atomic E-state index is 0.162. The highest BCUT2D eigenvalue weighted by Gasteiger charge is 2.22. The van der Waals surface area contributed by atoms with Gasteiger partial charge in [0, 0.05) is 23.3 Å². The third-order valence-electron chi connectivity index (χ3n) is 4.22. The number of hydrogen-bond donors (Lipinski definition) is 1. The summed E-state index contributed by atoms with van der Waals surface area (Å²) >= 11 is 2.42. The molecular weight excluding hydrogens is 436 g/mol. The van der Waals surface area contributed by atoms with Crippen LogP contribution in [0, 0.1) is 0 Å². The number of thiazole rings is 2. The number of carbonyl (C=O) groups is 2. The molecule has 0 fully saturated rings. The first-order chi connectivity index (χ1) is 15.1. The number of rotatable bonds is 7. The van der Waals surface area contributed by atoms with Crippen LogP contribution in [0.3, 0.4) is 0 Å². The number of aromatic nitrogens is 3. The molecule has 3 heterocycles. The summed E-state index contributed by atoms with van der Waals surface area (Å²) < 4.78 is 12.0. The first kappa shape index (κ1) is 20.8. The molecule has 1 amide bonds.